The number of nitrogens with one attached hydrogen (secondary N) is 1. The molecule has 2 N–H and O–H groups in total. The Kier molecular flexibility index (Phi) is 6.07. The van der Waals surface area contributed by atoms with Gasteiger partial charge in [-0.1, -0.05) is 0 Å². The lowest BCUT2D eigenvalue weighted by atomic mass is 9.96. The minimum absolute atomic E-state index is 0.357. The van der Waals surface area contributed by atoms with E-state index in [1.165, 1.54) is 12.8 Å². The van der Waals surface area contributed by atoms with Gasteiger partial charge in [0.1, 0.15) is 17.3 Å². The van der Waals surface area contributed by atoms with Crippen LogP contribution in [0, 0.1) is 13.8 Å². The van der Waals surface area contributed by atoms with Gasteiger partial charge in [-0.3, -0.25) is 9.36 Å². The first-order chi connectivity index (χ1) is 16.3. The van der Waals surface area contributed by atoms with Crippen LogP contribution in [-0.4, -0.2) is 48.5 Å². The van der Waals surface area contributed by atoms with Crippen molar-refractivity contribution in [3.8, 4) is 11.5 Å². The van der Waals surface area contributed by atoms with Crippen LogP contribution in [0.15, 0.2) is 24.5 Å². The molecule has 0 unspecified atom stereocenters. The number of ether oxygens (including phenoxy) is 2. The summed E-state index contributed by atoms with van der Waals surface area (Å²) in [6, 6.07) is 4.26. The molecule has 3 aromatic rings. The zero-order chi connectivity index (χ0) is 23.9. The summed E-state index contributed by atoms with van der Waals surface area (Å²) in [5, 5.41) is 23.1. The van der Waals surface area contributed by atoms with Crippen molar-refractivity contribution in [3.63, 3.8) is 0 Å². The Morgan fingerprint density at radius 3 is 2.65 bits per heavy atom. The highest BCUT2D eigenvalue weighted by atomic mass is 16.5. The van der Waals surface area contributed by atoms with Gasteiger partial charge in [-0.05, 0) is 59.4 Å². The molecule has 5 rings (SSSR count). The molecule has 1 saturated carbocycles. The van der Waals surface area contributed by atoms with Gasteiger partial charge in [0.15, 0.2) is 5.75 Å². The maximum absolute atomic E-state index is 10.2. The highest BCUT2D eigenvalue weighted by Gasteiger charge is 2.30. The van der Waals surface area contributed by atoms with E-state index in [0.717, 1.165) is 54.6 Å². The Morgan fingerprint density at radius 2 is 1.94 bits per heavy atom. The quantitative estimate of drug-likeness (QED) is 0.499. The fourth-order valence-corrected chi connectivity index (χ4v) is 4.44. The van der Waals surface area contributed by atoms with Gasteiger partial charge in [-0.15, -0.1) is 0 Å². The summed E-state index contributed by atoms with van der Waals surface area (Å²) in [4.78, 5) is 4.48. The van der Waals surface area contributed by atoms with Crippen LogP contribution in [-0.2, 0) is 11.3 Å². The lowest BCUT2D eigenvalue weighted by Gasteiger charge is -2.21. The van der Waals surface area contributed by atoms with Crippen LogP contribution in [0.1, 0.15) is 68.6 Å². The first-order valence-electron chi connectivity index (χ1n) is 12.1. The van der Waals surface area contributed by atoms with Crippen LogP contribution < -0.4 is 10.1 Å². The predicted octanol–water partition coefficient (Wildman–Crippen LogP) is 4.63. The summed E-state index contributed by atoms with van der Waals surface area (Å²) < 4.78 is 15.8. The summed E-state index contributed by atoms with van der Waals surface area (Å²) in [6.45, 7) is 9.44. The summed E-state index contributed by atoms with van der Waals surface area (Å²) in [6.07, 6.45) is 8.08. The Labute approximate surface area is 200 Å². The Bertz CT molecular complexity index is 1150. The Balaban J connectivity index is 1.37. The molecule has 1 aliphatic carbocycles. The highest BCUT2D eigenvalue weighted by Crippen LogP contribution is 2.40. The van der Waals surface area contributed by atoms with E-state index in [-0.39, 0.29) is 0 Å². The minimum atomic E-state index is -0.848. The van der Waals surface area contributed by atoms with E-state index in [0.29, 0.717) is 30.1 Å². The molecule has 0 aromatic carbocycles. The first kappa shape index (κ1) is 22.9. The number of hydrogen-bond donors (Lipinski definition) is 2. The molecule has 3 aromatic heterocycles. The van der Waals surface area contributed by atoms with E-state index in [1.54, 1.807) is 20.0 Å². The number of aryl methyl sites for hydroxylation is 1. The number of aliphatic hydroxyl groups is 1. The van der Waals surface area contributed by atoms with Crippen molar-refractivity contribution >= 4 is 11.5 Å². The minimum Gasteiger partial charge on any atom is -0.454 e. The van der Waals surface area contributed by atoms with Crippen LogP contribution in [0.4, 0.5) is 11.5 Å². The van der Waals surface area contributed by atoms with Gasteiger partial charge < -0.3 is 19.9 Å². The molecule has 9 nitrogen and oxygen atoms in total. The molecule has 34 heavy (non-hydrogen) atoms. The zero-order valence-electron chi connectivity index (χ0n) is 20.4. The number of aromatic nitrogens is 5. The molecule has 0 radical (unpaired) electrons. The van der Waals surface area contributed by atoms with Gasteiger partial charge in [-0.25, -0.2) is 4.98 Å². The second-order valence-corrected chi connectivity index (χ2v) is 10.1. The van der Waals surface area contributed by atoms with Crippen molar-refractivity contribution < 1.29 is 14.6 Å². The second kappa shape index (κ2) is 9.03. The number of pyridine rings is 1. The average Bonchev–Trinajstić information content (AvgIpc) is 3.51. The van der Waals surface area contributed by atoms with Crippen molar-refractivity contribution in [1.29, 1.82) is 0 Å². The van der Waals surface area contributed by atoms with Gasteiger partial charge in [0.25, 0.3) is 0 Å². The SMILES string of the molecule is Cc1nn(CC(C)(C)O)c(C)c1Nc1cc(Oc2cn(C3CC3)nc2C2CCOCC2)ccn1. The third-order valence-electron chi connectivity index (χ3n) is 6.38. The number of nitrogens with zero attached hydrogens (tertiary/aromatic N) is 5. The van der Waals surface area contributed by atoms with Crippen LogP contribution >= 0.6 is 0 Å². The highest BCUT2D eigenvalue weighted by molar-refractivity contribution is 5.62. The maximum atomic E-state index is 10.2. The molecule has 0 atom stereocenters. The third-order valence-corrected chi connectivity index (χ3v) is 6.38. The molecule has 1 aliphatic heterocycles. The van der Waals surface area contributed by atoms with Crippen molar-refractivity contribution in [1.82, 2.24) is 24.5 Å². The topological polar surface area (TPSA) is 99.3 Å². The summed E-state index contributed by atoms with van der Waals surface area (Å²) >= 11 is 0. The van der Waals surface area contributed by atoms with E-state index < -0.39 is 5.60 Å². The standard InChI is InChI=1S/C25H34N6O3/c1-16-23(17(2)31(28-16)15-25(3,4)32)27-22-13-20(7-10-26-22)34-21-14-30(19-5-6-19)29-24(21)18-8-11-33-12-9-18/h7,10,13-14,18-19,32H,5-6,8-9,11-12,15H2,1-4H3,(H,26,27). The maximum Gasteiger partial charge on any atom is 0.168 e. The Hall–Kier alpha value is -2.91. The zero-order valence-corrected chi connectivity index (χ0v) is 20.4. The van der Waals surface area contributed by atoms with Gasteiger partial charge in [0, 0.05) is 31.4 Å². The second-order valence-electron chi connectivity index (χ2n) is 10.1. The van der Waals surface area contributed by atoms with Gasteiger partial charge in [0.05, 0.1) is 41.5 Å². The molecule has 182 valence electrons. The molecule has 2 aliphatic rings. The summed E-state index contributed by atoms with van der Waals surface area (Å²) in [5.74, 6) is 2.56. The van der Waals surface area contributed by atoms with E-state index in [4.69, 9.17) is 14.6 Å². The summed E-state index contributed by atoms with van der Waals surface area (Å²) in [5.41, 5.74) is 2.86. The number of hydrogen-bond acceptors (Lipinski definition) is 7. The monoisotopic (exact) mass is 466 g/mol. The first-order valence-corrected chi connectivity index (χ1v) is 12.1. The predicted molar refractivity (Wildman–Crippen MR) is 129 cm³/mol. The van der Waals surface area contributed by atoms with Gasteiger partial charge >= 0.3 is 0 Å². The fourth-order valence-electron chi connectivity index (χ4n) is 4.44. The van der Waals surface area contributed by atoms with Crippen LogP contribution in [0.3, 0.4) is 0 Å². The fraction of sp³-hybridized carbons (Fsp3) is 0.560. The van der Waals surface area contributed by atoms with Crippen molar-refractivity contribution in [2.24, 2.45) is 0 Å². The lowest BCUT2D eigenvalue weighted by molar-refractivity contribution is 0.0570. The average molecular weight is 467 g/mol. The number of rotatable bonds is 8. The molecular weight excluding hydrogens is 432 g/mol. The van der Waals surface area contributed by atoms with Crippen LogP contribution in [0.2, 0.25) is 0 Å². The lowest BCUT2D eigenvalue weighted by Crippen LogP contribution is -2.27. The van der Waals surface area contributed by atoms with Crippen molar-refractivity contribution in [3.05, 3.63) is 41.6 Å². The molecule has 9 heteroatoms. The van der Waals surface area contributed by atoms with Crippen LogP contribution in [0.25, 0.3) is 0 Å². The van der Waals surface area contributed by atoms with Crippen molar-refractivity contribution in [2.75, 3.05) is 18.5 Å². The number of anilines is 2. The molecule has 0 bridgehead atoms. The smallest absolute Gasteiger partial charge is 0.168 e. The summed E-state index contributed by atoms with van der Waals surface area (Å²) in [7, 11) is 0. The molecule has 0 spiro atoms. The molecule has 2 fully saturated rings. The molecule has 1 saturated heterocycles. The van der Waals surface area contributed by atoms with E-state index in [1.807, 2.05) is 36.9 Å². The molecule has 4 heterocycles. The molecular formula is C25H34N6O3. The largest absolute Gasteiger partial charge is 0.454 e. The Morgan fingerprint density at radius 1 is 1.18 bits per heavy atom. The van der Waals surface area contributed by atoms with E-state index in [9.17, 15) is 5.11 Å². The van der Waals surface area contributed by atoms with Crippen LogP contribution in [0.5, 0.6) is 11.5 Å². The van der Waals surface area contributed by atoms with Gasteiger partial charge in [-0.2, -0.15) is 10.2 Å². The molecule has 0 amide bonds. The van der Waals surface area contributed by atoms with E-state index >= 15 is 0 Å². The van der Waals surface area contributed by atoms with Crippen molar-refractivity contribution in [2.45, 2.75) is 77.5 Å². The van der Waals surface area contributed by atoms with Gasteiger partial charge in [0.2, 0.25) is 0 Å². The third kappa shape index (κ3) is 5.10. The van der Waals surface area contributed by atoms with E-state index in [2.05, 4.69) is 20.1 Å². The normalized spacial score (nSPS) is 17.2.